The Morgan fingerprint density at radius 2 is 1.44 bits per heavy atom. The van der Waals surface area contributed by atoms with Crippen molar-refractivity contribution in [2.24, 2.45) is 0 Å². The highest BCUT2D eigenvalue weighted by molar-refractivity contribution is 5.24. The second kappa shape index (κ2) is 4.40. The zero-order valence-corrected chi connectivity index (χ0v) is 9.88. The van der Waals surface area contributed by atoms with E-state index in [2.05, 4.69) is 51.4 Å². The smallest absolute Gasteiger partial charge is 0.172 e. The van der Waals surface area contributed by atoms with Gasteiger partial charge < -0.3 is 0 Å². The lowest BCUT2D eigenvalue weighted by atomic mass is 10.1. The van der Waals surface area contributed by atoms with Gasteiger partial charge in [0, 0.05) is 0 Å². The van der Waals surface area contributed by atoms with E-state index >= 15 is 0 Å². The standard InChI is InChI=1S/C12H12N6/c1-10-2-4-11(5-3-10)12(17-8-13-6-15-17)18-9-14-7-16-18/h2-9,12H,1H3. The fourth-order valence-electron chi connectivity index (χ4n) is 1.85. The molecule has 0 aliphatic carbocycles. The Bertz CT molecular complexity index is 562. The predicted molar refractivity (Wildman–Crippen MR) is 64.8 cm³/mol. The summed E-state index contributed by atoms with van der Waals surface area (Å²) >= 11 is 0. The van der Waals surface area contributed by atoms with E-state index < -0.39 is 0 Å². The van der Waals surface area contributed by atoms with E-state index in [1.54, 1.807) is 22.0 Å². The van der Waals surface area contributed by atoms with E-state index in [9.17, 15) is 0 Å². The van der Waals surface area contributed by atoms with Crippen LogP contribution in [0.25, 0.3) is 0 Å². The molecular formula is C12H12N6. The number of aromatic nitrogens is 6. The van der Waals surface area contributed by atoms with Crippen LogP contribution >= 0.6 is 0 Å². The Morgan fingerprint density at radius 1 is 0.889 bits per heavy atom. The van der Waals surface area contributed by atoms with E-state index in [0.29, 0.717) is 0 Å². The van der Waals surface area contributed by atoms with Crippen LogP contribution in [0.2, 0.25) is 0 Å². The first-order valence-electron chi connectivity index (χ1n) is 5.59. The number of aryl methyl sites for hydroxylation is 1. The first-order chi connectivity index (χ1) is 8.84. The second-order valence-electron chi connectivity index (χ2n) is 4.04. The van der Waals surface area contributed by atoms with E-state index in [1.807, 2.05) is 0 Å². The third-order valence-corrected chi connectivity index (χ3v) is 2.75. The van der Waals surface area contributed by atoms with Gasteiger partial charge in [-0.3, -0.25) is 0 Å². The molecule has 0 radical (unpaired) electrons. The van der Waals surface area contributed by atoms with Gasteiger partial charge in [-0.2, -0.15) is 10.2 Å². The van der Waals surface area contributed by atoms with Gasteiger partial charge in [0.15, 0.2) is 6.17 Å². The molecule has 0 saturated heterocycles. The molecule has 0 aliphatic rings. The Labute approximate surface area is 104 Å². The van der Waals surface area contributed by atoms with Gasteiger partial charge in [0.05, 0.1) is 0 Å². The Morgan fingerprint density at radius 3 is 1.89 bits per heavy atom. The molecule has 6 nitrogen and oxygen atoms in total. The molecule has 0 bridgehead atoms. The molecule has 2 aromatic heterocycles. The van der Waals surface area contributed by atoms with E-state index in [4.69, 9.17) is 0 Å². The first kappa shape index (κ1) is 10.6. The Hall–Kier alpha value is -2.50. The van der Waals surface area contributed by atoms with Gasteiger partial charge in [0.1, 0.15) is 25.3 Å². The molecule has 1 aromatic carbocycles. The number of hydrogen-bond acceptors (Lipinski definition) is 4. The summed E-state index contributed by atoms with van der Waals surface area (Å²) in [5, 5.41) is 8.38. The Balaban J connectivity index is 2.08. The van der Waals surface area contributed by atoms with Crippen LogP contribution in [0.5, 0.6) is 0 Å². The van der Waals surface area contributed by atoms with Gasteiger partial charge >= 0.3 is 0 Å². The minimum atomic E-state index is -0.157. The molecule has 18 heavy (non-hydrogen) atoms. The van der Waals surface area contributed by atoms with Crippen molar-refractivity contribution < 1.29 is 0 Å². The zero-order valence-electron chi connectivity index (χ0n) is 9.88. The molecule has 0 aliphatic heterocycles. The number of benzene rings is 1. The van der Waals surface area contributed by atoms with Gasteiger partial charge in [-0.1, -0.05) is 29.8 Å². The molecule has 0 N–H and O–H groups in total. The topological polar surface area (TPSA) is 61.4 Å². The van der Waals surface area contributed by atoms with Crippen molar-refractivity contribution in [2.45, 2.75) is 13.1 Å². The van der Waals surface area contributed by atoms with Gasteiger partial charge in [0.2, 0.25) is 0 Å². The van der Waals surface area contributed by atoms with Crippen molar-refractivity contribution in [2.75, 3.05) is 0 Å². The maximum absolute atomic E-state index is 4.19. The summed E-state index contributed by atoms with van der Waals surface area (Å²) in [5.74, 6) is 0. The highest BCUT2D eigenvalue weighted by atomic mass is 15.5. The van der Waals surface area contributed by atoms with Crippen molar-refractivity contribution in [1.29, 1.82) is 0 Å². The number of nitrogens with zero attached hydrogens (tertiary/aromatic N) is 6. The predicted octanol–water partition coefficient (Wildman–Crippen LogP) is 1.27. The molecule has 90 valence electrons. The third-order valence-electron chi connectivity index (χ3n) is 2.75. The molecule has 2 heterocycles. The molecule has 0 amide bonds. The van der Waals surface area contributed by atoms with Gasteiger partial charge in [-0.15, -0.1) is 0 Å². The molecule has 0 unspecified atom stereocenters. The summed E-state index contributed by atoms with van der Waals surface area (Å²) in [6.45, 7) is 2.06. The van der Waals surface area contributed by atoms with Gasteiger partial charge in [0.25, 0.3) is 0 Å². The molecule has 6 heteroatoms. The summed E-state index contributed by atoms with van der Waals surface area (Å²) in [5.41, 5.74) is 2.30. The SMILES string of the molecule is Cc1ccc(C(n2cncn2)n2cncn2)cc1. The van der Waals surface area contributed by atoms with Crippen LogP contribution in [0.15, 0.2) is 49.6 Å². The average molecular weight is 240 g/mol. The number of hydrogen-bond donors (Lipinski definition) is 0. The molecule has 0 saturated carbocycles. The van der Waals surface area contributed by atoms with Crippen LogP contribution < -0.4 is 0 Å². The first-order valence-corrected chi connectivity index (χ1v) is 5.59. The van der Waals surface area contributed by atoms with Crippen molar-refractivity contribution >= 4 is 0 Å². The molecule has 0 spiro atoms. The fraction of sp³-hybridized carbons (Fsp3) is 0.167. The lowest BCUT2D eigenvalue weighted by Crippen LogP contribution is -2.20. The van der Waals surface area contributed by atoms with Crippen LogP contribution in [-0.4, -0.2) is 29.5 Å². The average Bonchev–Trinajstić information content (AvgIpc) is 3.06. The quantitative estimate of drug-likeness (QED) is 0.691. The maximum Gasteiger partial charge on any atom is 0.172 e. The lowest BCUT2D eigenvalue weighted by molar-refractivity contribution is 0.417. The van der Waals surface area contributed by atoms with E-state index in [1.165, 1.54) is 18.2 Å². The van der Waals surface area contributed by atoms with Gasteiger partial charge in [-0.05, 0) is 12.5 Å². The van der Waals surface area contributed by atoms with E-state index in [0.717, 1.165) is 5.56 Å². The highest BCUT2D eigenvalue weighted by Gasteiger charge is 2.16. The fourth-order valence-corrected chi connectivity index (χ4v) is 1.85. The summed E-state index contributed by atoms with van der Waals surface area (Å²) in [6, 6.07) is 8.25. The minimum absolute atomic E-state index is 0.157. The summed E-state index contributed by atoms with van der Waals surface area (Å²) < 4.78 is 3.50. The monoisotopic (exact) mass is 240 g/mol. The highest BCUT2D eigenvalue weighted by Crippen LogP contribution is 2.18. The van der Waals surface area contributed by atoms with E-state index in [-0.39, 0.29) is 6.17 Å². The normalized spacial score (nSPS) is 11.0. The van der Waals surface area contributed by atoms with Crippen LogP contribution in [0.4, 0.5) is 0 Å². The van der Waals surface area contributed by atoms with Crippen LogP contribution in [-0.2, 0) is 0 Å². The largest absolute Gasteiger partial charge is 0.224 e. The molecule has 0 atom stereocenters. The maximum atomic E-state index is 4.19. The van der Waals surface area contributed by atoms with Crippen molar-refractivity contribution in [3.05, 3.63) is 60.7 Å². The van der Waals surface area contributed by atoms with Crippen LogP contribution in [0, 0.1) is 6.92 Å². The van der Waals surface area contributed by atoms with Gasteiger partial charge in [-0.25, -0.2) is 19.3 Å². The number of rotatable bonds is 3. The third kappa shape index (κ3) is 1.88. The van der Waals surface area contributed by atoms with Crippen LogP contribution in [0.1, 0.15) is 17.3 Å². The summed E-state index contributed by atoms with van der Waals surface area (Å²) in [7, 11) is 0. The molecular weight excluding hydrogens is 228 g/mol. The molecule has 0 fully saturated rings. The summed E-state index contributed by atoms with van der Waals surface area (Å²) in [6.07, 6.45) is 6.21. The van der Waals surface area contributed by atoms with Crippen LogP contribution in [0.3, 0.4) is 0 Å². The van der Waals surface area contributed by atoms with Crippen molar-refractivity contribution in [1.82, 2.24) is 29.5 Å². The lowest BCUT2D eigenvalue weighted by Gasteiger charge is -2.17. The van der Waals surface area contributed by atoms with Crippen molar-refractivity contribution in [3.8, 4) is 0 Å². The molecule has 3 rings (SSSR count). The second-order valence-corrected chi connectivity index (χ2v) is 4.04. The molecule has 3 aromatic rings. The van der Waals surface area contributed by atoms with Crippen molar-refractivity contribution in [3.63, 3.8) is 0 Å². The zero-order chi connectivity index (χ0) is 12.4. The Kier molecular flexibility index (Phi) is 2.60. The minimum Gasteiger partial charge on any atom is -0.224 e. The summed E-state index contributed by atoms with van der Waals surface area (Å²) in [4.78, 5) is 7.97.